The van der Waals surface area contributed by atoms with Crippen molar-refractivity contribution in [1.82, 2.24) is 4.98 Å². The Morgan fingerprint density at radius 1 is 1.20 bits per heavy atom. The van der Waals surface area contributed by atoms with Crippen molar-refractivity contribution in [1.29, 1.82) is 0 Å². The Morgan fingerprint density at radius 3 is 2.88 bits per heavy atom. The first-order valence-corrected chi connectivity index (χ1v) is 8.83. The molecule has 4 rings (SSSR count). The van der Waals surface area contributed by atoms with Crippen molar-refractivity contribution in [2.45, 2.75) is 25.3 Å². The predicted octanol–water partition coefficient (Wildman–Crippen LogP) is 3.59. The van der Waals surface area contributed by atoms with Gasteiger partial charge in [0.05, 0.1) is 14.2 Å². The summed E-state index contributed by atoms with van der Waals surface area (Å²) >= 11 is 0. The van der Waals surface area contributed by atoms with E-state index in [0.717, 1.165) is 44.0 Å². The van der Waals surface area contributed by atoms with E-state index >= 15 is 0 Å². The normalized spacial score (nSPS) is 22.1. The Hall–Kier alpha value is -2.27. The molecule has 3 heterocycles. The molecule has 2 aromatic rings. The molecule has 0 N–H and O–H groups in total. The van der Waals surface area contributed by atoms with E-state index in [1.165, 1.54) is 11.3 Å². The smallest absolute Gasteiger partial charge is 0.214 e. The fraction of sp³-hybridized carbons (Fsp3) is 0.450. The number of nitrogens with zero attached hydrogens (tertiary/aromatic N) is 2. The van der Waals surface area contributed by atoms with E-state index in [4.69, 9.17) is 14.2 Å². The molecule has 132 valence electrons. The second-order valence-corrected chi connectivity index (χ2v) is 6.73. The first-order valence-electron chi connectivity index (χ1n) is 8.83. The third kappa shape index (κ3) is 3.16. The van der Waals surface area contributed by atoms with E-state index in [0.29, 0.717) is 17.8 Å². The lowest BCUT2D eigenvalue weighted by atomic mass is 9.96. The van der Waals surface area contributed by atoms with Crippen LogP contribution in [0.2, 0.25) is 0 Å². The number of benzene rings is 1. The summed E-state index contributed by atoms with van der Waals surface area (Å²) in [5.41, 5.74) is 2.53. The Morgan fingerprint density at radius 2 is 2.12 bits per heavy atom. The first kappa shape index (κ1) is 16.2. The number of methoxy groups -OCH3 is 2. The van der Waals surface area contributed by atoms with Crippen molar-refractivity contribution in [3.05, 3.63) is 42.0 Å². The van der Waals surface area contributed by atoms with Gasteiger partial charge in [-0.3, -0.25) is 0 Å². The molecule has 0 spiro atoms. The maximum Gasteiger partial charge on any atom is 0.214 e. The highest BCUT2D eigenvalue weighted by atomic mass is 16.5. The molecule has 25 heavy (non-hydrogen) atoms. The number of hydrogen-bond donors (Lipinski definition) is 0. The van der Waals surface area contributed by atoms with Crippen LogP contribution in [0, 0.1) is 5.92 Å². The Labute approximate surface area is 148 Å². The number of fused-ring (bicyclic) bond motifs is 1. The third-order valence-electron chi connectivity index (χ3n) is 5.17. The van der Waals surface area contributed by atoms with Gasteiger partial charge in [-0.25, -0.2) is 0 Å². The quantitative estimate of drug-likeness (QED) is 0.832. The zero-order valence-corrected chi connectivity index (χ0v) is 14.8. The minimum Gasteiger partial charge on any atom is -0.497 e. The van der Waals surface area contributed by atoms with Crippen molar-refractivity contribution in [2.24, 2.45) is 5.92 Å². The molecule has 0 radical (unpaired) electrons. The molecule has 0 bridgehead atoms. The van der Waals surface area contributed by atoms with Gasteiger partial charge in [0.1, 0.15) is 11.6 Å². The molecular weight excluding hydrogens is 316 g/mol. The van der Waals surface area contributed by atoms with Crippen LogP contribution in [0.3, 0.4) is 0 Å². The molecule has 5 nitrogen and oxygen atoms in total. The number of rotatable bonds is 5. The van der Waals surface area contributed by atoms with Crippen LogP contribution in [0.4, 0.5) is 11.5 Å². The minimum absolute atomic E-state index is 0.383. The Bertz CT molecular complexity index is 743. The van der Waals surface area contributed by atoms with Gasteiger partial charge in [-0.2, -0.15) is 4.98 Å². The molecule has 0 aliphatic carbocycles. The zero-order valence-electron chi connectivity index (χ0n) is 14.8. The van der Waals surface area contributed by atoms with E-state index in [9.17, 15) is 0 Å². The summed E-state index contributed by atoms with van der Waals surface area (Å²) in [6.07, 6.45) is 3.28. The van der Waals surface area contributed by atoms with Crippen LogP contribution in [0.25, 0.3) is 0 Å². The van der Waals surface area contributed by atoms with Crippen molar-refractivity contribution in [2.75, 3.05) is 32.3 Å². The lowest BCUT2D eigenvalue weighted by Crippen LogP contribution is -2.30. The van der Waals surface area contributed by atoms with Crippen molar-refractivity contribution in [3.63, 3.8) is 0 Å². The van der Waals surface area contributed by atoms with Gasteiger partial charge in [-0.1, -0.05) is 12.1 Å². The van der Waals surface area contributed by atoms with Crippen molar-refractivity contribution >= 4 is 11.5 Å². The second kappa shape index (κ2) is 6.92. The molecule has 5 heteroatoms. The van der Waals surface area contributed by atoms with E-state index < -0.39 is 0 Å². The van der Waals surface area contributed by atoms with Gasteiger partial charge in [0.25, 0.3) is 0 Å². The van der Waals surface area contributed by atoms with Gasteiger partial charge in [0.15, 0.2) is 0 Å². The summed E-state index contributed by atoms with van der Waals surface area (Å²) in [7, 11) is 3.36. The van der Waals surface area contributed by atoms with Crippen LogP contribution in [0.5, 0.6) is 11.6 Å². The first-order chi connectivity index (χ1) is 12.3. The lowest BCUT2D eigenvalue weighted by Gasteiger charge is -2.28. The van der Waals surface area contributed by atoms with Gasteiger partial charge < -0.3 is 19.1 Å². The van der Waals surface area contributed by atoms with Crippen LogP contribution in [0.15, 0.2) is 36.4 Å². The number of hydrogen-bond acceptors (Lipinski definition) is 5. The Kier molecular flexibility index (Phi) is 4.49. The molecule has 1 saturated heterocycles. The molecule has 0 saturated carbocycles. The lowest BCUT2D eigenvalue weighted by molar-refractivity contribution is 0.183. The fourth-order valence-electron chi connectivity index (χ4n) is 3.91. The second-order valence-electron chi connectivity index (χ2n) is 6.73. The van der Waals surface area contributed by atoms with E-state index in [-0.39, 0.29) is 0 Å². The van der Waals surface area contributed by atoms with Gasteiger partial charge in [-0.05, 0) is 42.9 Å². The van der Waals surface area contributed by atoms with Gasteiger partial charge >= 0.3 is 0 Å². The van der Waals surface area contributed by atoms with Gasteiger partial charge in [0.2, 0.25) is 5.88 Å². The monoisotopic (exact) mass is 340 g/mol. The average Bonchev–Trinajstić information content (AvgIpc) is 3.28. The molecule has 2 aliphatic rings. The summed E-state index contributed by atoms with van der Waals surface area (Å²) in [6.45, 7) is 1.76. The minimum atomic E-state index is 0.383. The summed E-state index contributed by atoms with van der Waals surface area (Å²) in [4.78, 5) is 7.03. The Balaban J connectivity index is 1.71. The highest BCUT2D eigenvalue weighted by Crippen LogP contribution is 2.42. The van der Waals surface area contributed by atoms with Crippen LogP contribution in [-0.4, -0.2) is 38.5 Å². The number of aromatic nitrogens is 1. The molecule has 1 aromatic carbocycles. The maximum atomic E-state index is 5.58. The van der Waals surface area contributed by atoms with Crippen LogP contribution in [0.1, 0.15) is 18.4 Å². The average molecular weight is 340 g/mol. The molecular formula is C20H24N2O3. The molecule has 2 unspecified atom stereocenters. The number of pyridine rings is 1. The highest BCUT2D eigenvalue weighted by molar-refractivity contribution is 5.70. The summed E-state index contributed by atoms with van der Waals surface area (Å²) in [5, 5.41) is 0. The molecule has 0 amide bonds. The summed E-state index contributed by atoms with van der Waals surface area (Å²) in [5.74, 6) is 3.05. The predicted molar refractivity (Wildman–Crippen MR) is 97.0 cm³/mol. The molecule has 2 aliphatic heterocycles. The number of ether oxygens (including phenoxy) is 3. The fourth-order valence-corrected chi connectivity index (χ4v) is 3.91. The van der Waals surface area contributed by atoms with E-state index in [1.807, 2.05) is 18.2 Å². The van der Waals surface area contributed by atoms with Crippen LogP contribution >= 0.6 is 0 Å². The van der Waals surface area contributed by atoms with Crippen molar-refractivity contribution < 1.29 is 14.2 Å². The van der Waals surface area contributed by atoms with Crippen LogP contribution in [-0.2, 0) is 11.2 Å². The summed E-state index contributed by atoms with van der Waals surface area (Å²) < 4.78 is 16.4. The molecule has 1 aromatic heterocycles. The zero-order chi connectivity index (χ0) is 17.2. The van der Waals surface area contributed by atoms with Gasteiger partial charge in [-0.15, -0.1) is 0 Å². The number of anilines is 2. The SMILES string of the molecule is COc1ccc2c(c1)N(c1cccc(OC)n1)C(CC1CCOC1)C2. The van der Waals surface area contributed by atoms with Crippen LogP contribution < -0.4 is 14.4 Å². The van der Waals surface area contributed by atoms with Gasteiger partial charge in [0, 0.05) is 37.1 Å². The standard InChI is InChI=1S/C20H24N2O3/c1-23-17-7-6-15-11-16(10-14-8-9-25-13-14)22(18(15)12-17)19-4-3-5-20(21-19)24-2/h3-7,12,14,16H,8-11,13H2,1-2H3. The maximum absolute atomic E-state index is 5.58. The topological polar surface area (TPSA) is 43.8 Å². The summed E-state index contributed by atoms with van der Waals surface area (Å²) in [6, 6.07) is 12.6. The highest BCUT2D eigenvalue weighted by Gasteiger charge is 2.34. The van der Waals surface area contributed by atoms with E-state index in [1.54, 1.807) is 14.2 Å². The largest absolute Gasteiger partial charge is 0.497 e. The third-order valence-corrected chi connectivity index (χ3v) is 5.17. The molecule has 2 atom stereocenters. The van der Waals surface area contributed by atoms with E-state index in [2.05, 4.69) is 28.1 Å². The molecule has 1 fully saturated rings. The van der Waals surface area contributed by atoms with Crippen molar-refractivity contribution in [3.8, 4) is 11.6 Å².